The molecule has 1 aromatic carbocycles. The van der Waals surface area contributed by atoms with Gasteiger partial charge in [0.25, 0.3) is 0 Å². The molecule has 1 heterocycles. The van der Waals surface area contributed by atoms with E-state index in [1.165, 1.54) is 6.08 Å². The van der Waals surface area contributed by atoms with Crippen LogP contribution in [0, 0.1) is 5.92 Å². The van der Waals surface area contributed by atoms with Crippen LogP contribution in [0.15, 0.2) is 42.5 Å². The number of aliphatic carboxylic acids is 1. The normalized spacial score (nSPS) is 29.8. The van der Waals surface area contributed by atoms with Crippen LogP contribution in [0.1, 0.15) is 24.8 Å². The minimum absolute atomic E-state index is 0.173. The molecule has 24 heavy (non-hydrogen) atoms. The van der Waals surface area contributed by atoms with Gasteiger partial charge in [0, 0.05) is 12.3 Å². The van der Waals surface area contributed by atoms with Crippen LogP contribution in [0.4, 0.5) is 4.39 Å². The minimum Gasteiger partial charge on any atom is -0.497 e. The van der Waals surface area contributed by atoms with E-state index in [0.717, 1.165) is 23.3 Å². The molecule has 0 bridgehead atoms. The van der Waals surface area contributed by atoms with E-state index in [0.29, 0.717) is 13.0 Å². The van der Waals surface area contributed by atoms with Crippen molar-refractivity contribution in [3.05, 3.63) is 48.1 Å². The first-order valence-corrected chi connectivity index (χ1v) is 8.21. The third kappa shape index (κ3) is 3.22. The minimum atomic E-state index is -1.66. The fourth-order valence-electron chi connectivity index (χ4n) is 3.67. The van der Waals surface area contributed by atoms with Crippen molar-refractivity contribution in [3.63, 3.8) is 0 Å². The van der Waals surface area contributed by atoms with Gasteiger partial charge in [-0.05, 0) is 48.7 Å². The Bertz CT molecular complexity index is 685. The summed E-state index contributed by atoms with van der Waals surface area (Å²) in [5, 5.41) is 12.4. The van der Waals surface area contributed by atoms with Gasteiger partial charge < -0.3 is 15.2 Å². The lowest BCUT2D eigenvalue weighted by molar-refractivity contribution is -0.143. The summed E-state index contributed by atoms with van der Waals surface area (Å²) in [4.78, 5) is 11.5. The summed E-state index contributed by atoms with van der Waals surface area (Å²) in [5.74, 6) is -0.841. The number of carbonyl (C=O) groups is 1. The number of hydrogen-bond donors (Lipinski definition) is 2. The van der Waals surface area contributed by atoms with Crippen molar-refractivity contribution in [2.45, 2.75) is 31.0 Å². The zero-order valence-electron chi connectivity index (χ0n) is 13.7. The molecular weight excluding hydrogens is 309 g/mol. The fourth-order valence-corrected chi connectivity index (χ4v) is 3.67. The molecule has 4 nitrogen and oxygen atoms in total. The molecule has 0 spiro atoms. The van der Waals surface area contributed by atoms with E-state index in [2.05, 4.69) is 5.32 Å². The Hall–Kier alpha value is -2.14. The number of alkyl halides is 1. The highest BCUT2D eigenvalue weighted by Gasteiger charge is 2.46. The third-order valence-corrected chi connectivity index (χ3v) is 4.91. The maximum atomic E-state index is 15.7. The van der Waals surface area contributed by atoms with Crippen LogP contribution in [-0.4, -0.2) is 36.4 Å². The summed E-state index contributed by atoms with van der Waals surface area (Å²) in [6, 6.07) is 6.66. The Kier molecular flexibility index (Phi) is 4.71. The summed E-state index contributed by atoms with van der Waals surface area (Å²) >= 11 is 0. The van der Waals surface area contributed by atoms with E-state index >= 15 is 4.39 Å². The third-order valence-electron chi connectivity index (χ3n) is 4.91. The second-order valence-corrected chi connectivity index (χ2v) is 6.41. The van der Waals surface area contributed by atoms with Crippen LogP contribution in [0.3, 0.4) is 0 Å². The molecule has 3 unspecified atom stereocenters. The van der Waals surface area contributed by atoms with Crippen molar-refractivity contribution < 1.29 is 19.0 Å². The van der Waals surface area contributed by atoms with Gasteiger partial charge in [-0.15, -0.1) is 0 Å². The topological polar surface area (TPSA) is 58.6 Å². The van der Waals surface area contributed by atoms with Gasteiger partial charge in [-0.25, -0.2) is 4.39 Å². The average molecular weight is 331 g/mol. The van der Waals surface area contributed by atoms with E-state index in [-0.39, 0.29) is 6.42 Å². The number of methoxy groups -OCH3 is 1. The van der Waals surface area contributed by atoms with Crippen LogP contribution >= 0.6 is 0 Å². The number of benzene rings is 1. The van der Waals surface area contributed by atoms with Gasteiger partial charge in [0.05, 0.1) is 7.11 Å². The summed E-state index contributed by atoms with van der Waals surface area (Å²) in [7, 11) is 1.60. The first-order valence-electron chi connectivity index (χ1n) is 8.21. The molecule has 0 saturated carbocycles. The predicted molar refractivity (Wildman–Crippen MR) is 90.7 cm³/mol. The number of halogens is 1. The van der Waals surface area contributed by atoms with E-state index in [1.54, 1.807) is 13.2 Å². The average Bonchev–Trinajstić information content (AvgIpc) is 2.62. The molecule has 2 aliphatic rings. The highest BCUT2D eigenvalue weighted by atomic mass is 19.1. The smallest absolute Gasteiger partial charge is 0.321 e. The van der Waals surface area contributed by atoms with Crippen LogP contribution in [0.25, 0.3) is 5.57 Å². The number of nitrogens with one attached hydrogen (secondary N) is 1. The van der Waals surface area contributed by atoms with Crippen molar-refractivity contribution in [1.29, 1.82) is 0 Å². The van der Waals surface area contributed by atoms with E-state index < -0.39 is 23.6 Å². The molecule has 5 heteroatoms. The van der Waals surface area contributed by atoms with Gasteiger partial charge in [-0.3, -0.25) is 4.79 Å². The Morgan fingerprint density at radius 3 is 3.04 bits per heavy atom. The largest absolute Gasteiger partial charge is 0.497 e. The molecule has 3 atom stereocenters. The predicted octanol–water partition coefficient (Wildman–Crippen LogP) is 3.20. The standard InChI is InChI=1S/C19H22FNO3/c1-24-15-7-2-5-13(11-15)14-6-3-9-19(20,12-14)16-8-4-10-21-17(16)18(22)23/h2-3,5-7,9,11,16-17,21H,4,8,10,12H2,1H3,(H,22,23). The molecule has 1 saturated heterocycles. The summed E-state index contributed by atoms with van der Waals surface area (Å²) in [6.07, 6.45) is 6.63. The molecule has 0 aromatic heterocycles. The molecule has 2 N–H and O–H groups in total. The summed E-state index contributed by atoms with van der Waals surface area (Å²) < 4.78 is 21.0. The second-order valence-electron chi connectivity index (χ2n) is 6.41. The molecule has 1 aliphatic heterocycles. The van der Waals surface area contributed by atoms with E-state index in [4.69, 9.17) is 4.74 Å². The zero-order valence-corrected chi connectivity index (χ0v) is 13.7. The van der Waals surface area contributed by atoms with Crippen molar-refractivity contribution in [2.24, 2.45) is 5.92 Å². The van der Waals surface area contributed by atoms with Crippen molar-refractivity contribution in [2.75, 3.05) is 13.7 Å². The van der Waals surface area contributed by atoms with Crippen LogP contribution in [0.2, 0.25) is 0 Å². The Labute approximate surface area is 141 Å². The summed E-state index contributed by atoms with van der Waals surface area (Å²) in [6.45, 7) is 0.617. The highest BCUT2D eigenvalue weighted by molar-refractivity contribution is 5.75. The van der Waals surface area contributed by atoms with Crippen LogP contribution < -0.4 is 10.1 Å². The number of ether oxygens (including phenoxy) is 1. The molecule has 3 rings (SSSR count). The number of carboxylic acid groups (broad SMARTS) is 1. The Morgan fingerprint density at radius 2 is 2.29 bits per heavy atom. The maximum Gasteiger partial charge on any atom is 0.321 e. The molecule has 0 amide bonds. The molecule has 1 aromatic rings. The number of piperidine rings is 1. The SMILES string of the molecule is COc1cccc(C2=CC=CC(F)(C3CCCNC3C(=O)O)C2)c1. The van der Waals surface area contributed by atoms with Gasteiger partial charge in [0.15, 0.2) is 0 Å². The number of rotatable bonds is 4. The number of hydrogen-bond acceptors (Lipinski definition) is 3. The lowest BCUT2D eigenvalue weighted by Crippen LogP contribution is -2.54. The van der Waals surface area contributed by atoms with Gasteiger partial charge in [-0.2, -0.15) is 0 Å². The lowest BCUT2D eigenvalue weighted by atomic mass is 9.72. The maximum absolute atomic E-state index is 15.7. The van der Waals surface area contributed by atoms with Gasteiger partial charge >= 0.3 is 5.97 Å². The molecule has 1 fully saturated rings. The van der Waals surface area contributed by atoms with Crippen LogP contribution in [-0.2, 0) is 4.79 Å². The fraction of sp³-hybridized carbons (Fsp3) is 0.421. The first kappa shape index (κ1) is 16.7. The molecular formula is C19H22FNO3. The number of allylic oxidation sites excluding steroid dienone is 4. The monoisotopic (exact) mass is 331 g/mol. The van der Waals surface area contributed by atoms with Gasteiger partial charge in [-0.1, -0.05) is 24.3 Å². The van der Waals surface area contributed by atoms with Crippen molar-refractivity contribution in [1.82, 2.24) is 5.32 Å². The number of carboxylic acids is 1. The van der Waals surface area contributed by atoms with Crippen LogP contribution in [0.5, 0.6) is 5.75 Å². The molecule has 1 aliphatic carbocycles. The highest BCUT2D eigenvalue weighted by Crippen LogP contribution is 2.42. The molecule has 128 valence electrons. The molecule has 0 radical (unpaired) electrons. The van der Waals surface area contributed by atoms with E-state index in [1.807, 2.05) is 30.3 Å². The van der Waals surface area contributed by atoms with Crippen molar-refractivity contribution >= 4 is 11.5 Å². The first-order chi connectivity index (χ1) is 11.5. The summed E-state index contributed by atoms with van der Waals surface area (Å²) in [5.41, 5.74) is 0.0916. The Balaban J connectivity index is 1.86. The lowest BCUT2D eigenvalue weighted by Gasteiger charge is -2.40. The Morgan fingerprint density at radius 1 is 1.46 bits per heavy atom. The van der Waals surface area contributed by atoms with Gasteiger partial charge in [0.1, 0.15) is 17.5 Å². The second kappa shape index (κ2) is 6.77. The van der Waals surface area contributed by atoms with Gasteiger partial charge in [0.2, 0.25) is 0 Å². The van der Waals surface area contributed by atoms with E-state index in [9.17, 15) is 9.90 Å². The quantitative estimate of drug-likeness (QED) is 0.889. The van der Waals surface area contributed by atoms with Crippen molar-refractivity contribution in [3.8, 4) is 5.75 Å². The zero-order chi connectivity index (χ0) is 17.2.